The summed E-state index contributed by atoms with van der Waals surface area (Å²) in [5, 5.41) is 4.77. The van der Waals surface area contributed by atoms with Crippen LogP contribution in [0, 0.1) is 0 Å². The molecular formula is C13H13NOS. The molecule has 0 aliphatic carbocycles. The van der Waals surface area contributed by atoms with Crippen molar-refractivity contribution in [3.8, 4) is 0 Å². The second-order valence-electron chi connectivity index (χ2n) is 3.48. The average molecular weight is 231 g/mol. The number of thiophene rings is 1. The van der Waals surface area contributed by atoms with Crippen LogP contribution in [-0.2, 0) is 6.42 Å². The number of anilines is 1. The molecule has 1 heterocycles. The van der Waals surface area contributed by atoms with Crippen LogP contribution in [0.5, 0.6) is 0 Å². The van der Waals surface area contributed by atoms with Crippen LogP contribution in [0.3, 0.4) is 0 Å². The standard InChI is InChI=1S/C13H13NOS/c1-2-10-5-7-11(8-6-10)14-13(15)12-4-3-9-16-12/h3-9H,2H2,1H3,(H,14,15). The lowest BCUT2D eigenvalue weighted by molar-refractivity contribution is 0.103. The zero-order chi connectivity index (χ0) is 11.4. The predicted octanol–water partition coefficient (Wildman–Crippen LogP) is 3.56. The van der Waals surface area contributed by atoms with Gasteiger partial charge in [0.1, 0.15) is 0 Å². The van der Waals surface area contributed by atoms with E-state index in [1.165, 1.54) is 16.9 Å². The lowest BCUT2D eigenvalue weighted by atomic mass is 10.1. The molecule has 0 fully saturated rings. The summed E-state index contributed by atoms with van der Waals surface area (Å²) in [6.45, 7) is 2.11. The molecule has 0 bridgehead atoms. The number of carbonyl (C=O) groups is 1. The molecule has 0 aliphatic rings. The number of nitrogens with one attached hydrogen (secondary N) is 1. The summed E-state index contributed by atoms with van der Waals surface area (Å²) < 4.78 is 0. The Morgan fingerprint density at radius 3 is 2.56 bits per heavy atom. The lowest BCUT2D eigenvalue weighted by Gasteiger charge is -2.04. The van der Waals surface area contributed by atoms with Crippen LogP contribution in [0.2, 0.25) is 0 Å². The van der Waals surface area contributed by atoms with Crippen LogP contribution in [-0.4, -0.2) is 5.91 Å². The van der Waals surface area contributed by atoms with E-state index in [9.17, 15) is 4.79 Å². The van der Waals surface area contributed by atoms with Gasteiger partial charge in [-0.15, -0.1) is 11.3 Å². The minimum atomic E-state index is -0.0424. The van der Waals surface area contributed by atoms with Gasteiger partial charge in [-0.3, -0.25) is 4.79 Å². The van der Waals surface area contributed by atoms with Gasteiger partial charge in [0, 0.05) is 5.69 Å². The topological polar surface area (TPSA) is 29.1 Å². The van der Waals surface area contributed by atoms with Crippen molar-refractivity contribution in [1.82, 2.24) is 0 Å². The van der Waals surface area contributed by atoms with Crippen LogP contribution >= 0.6 is 11.3 Å². The number of benzene rings is 1. The zero-order valence-corrected chi connectivity index (χ0v) is 9.88. The smallest absolute Gasteiger partial charge is 0.265 e. The van der Waals surface area contributed by atoms with Gasteiger partial charge in [0.25, 0.3) is 5.91 Å². The first kappa shape index (κ1) is 10.9. The Kier molecular flexibility index (Phi) is 3.37. The Balaban J connectivity index is 2.06. The van der Waals surface area contributed by atoms with Crippen molar-refractivity contribution in [1.29, 1.82) is 0 Å². The molecule has 0 saturated heterocycles. The first-order chi connectivity index (χ1) is 7.79. The van der Waals surface area contributed by atoms with Crippen LogP contribution < -0.4 is 5.32 Å². The van der Waals surface area contributed by atoms with E-state index in [0.717, 1.165) is 17.0 Å². The highest BCUT2D eigenvalue weighted by Crippen LogP contribution is 2.14. The van der Waals surface area contributed by atoms with Crippen molar-refractivity contribution < 1.29 is 4.79 Å². The predicted molar refractivity (Wildman–Crippen MR) is 68.1 cm³/mol. The average Bonchev–Trinajstić information content (AvgIpc) is 2.83. The molecule has 3 heteroatoms. The molecule has 0 unspecified atom stereocenters. The first-order valence-electron chi connectivity index (χ1n) is 5.23. The Hall–Kier alpha value is -1.61. The number of carbonyl (C=O) groups excluding carboxylic acids is 1. The minimum Gasteiger partial charge on any atom is -0.321 e. The molecular weight excluding hydrogens is 218 g/mol. The van der Waals surface area contributed by atoms with Gasteiger partial charge < -0.3 is 5.32 Å². The first-order valence-corrected chi connectivity index (χ1v) is 6.11. The molecule has 2 aromatic rings. The highest BCUT2D eigenvalue weighted by Gasteiger charge is 2.05. The van der Waals surface area contributed by atoms with Crippen molar-refractivity contribution in [2.24, 2.45) is 0 Å². The second kappa shape index (κ2) is 4.94. The molecule has 1 aromatic carbocycles. The Labute approximate surface area is 98.9 Å². The van der Waals surface area contributed by atoms with Crippen LogP contribution in [0.4, 0.5) is 5.69 Å². The summed E-state index contributed by atoms with van der Waals surface area (Å²) in [5.41, 5.74) is 2.12. The molecule has 1 N–H and O–H groups in total. The maximum absolute atomic E-state index is 11.7. The summed E-state index contributed by atoms with van der Waals surface area (Å²) in [4.78, 5) is 12.5. The van der Waals surface area contributed by atoms with Gasteiger partial charge in [-0.1, -0.05) is 25.1 Å². The molecule has 2 rings (SSSR count). The lowest BCUT2D eigenvalue weighted by Crippen LogP contribution is -2.09. The summed E-state index contributed by atoms with van der Waals surface area (Å²) in [6.07, 6.45) is 1.01. The summed E-state index contributed by atoms with van der Waals surface area (Å²) in [7, 11) is 0. The summed E-state index contributed by atoms with van der Waals surface area (Å²) in [5.74, 6) is -0.0424. The van der Waals surface area contributed by atoms with Gasteiger partial charge in [0.15, 0.2) is 0 Å². The van der Waals surface area contributed by atoms with Crippen LogP contribution in [0.15, 0.2) is 41.8 Å². The quantitative estimate of drug-likeness (QED) is 0.859. The highest BCUT2D eigenvalue weighted by molar-refractivity contribution is 7.12. The van der Waals surface area contributed by atoms with E-state index in [1.54, 1.807) is 0 Å². The van der Waals surface area contributed by atoms with E-state index in [0.29, 0.717) is 0 Å². The zero-order valence-electron chi connectivity index (χ0n) is 9.07. The van der Waals surface area contributed by atoms with E-state index in [4.69, 9.17) is 0 Å². The molecule has 16 heavy (non-hydrogen) atoms. The van der Waals surface area contributed by atoms with Crippen molar-refractivity contribution in [3.63, 3.8) is 0 Å². The van der Waals surface area contributed by atoms with Gasteiger partial charge in [-0.2, -0.15) is 0 Å². The van der Waals surface area contributed by atoms with Gasteiger partial charge in [-0.05, 0) is 35.6 Å². The van der Waals surface area contributed by atoms with E-state index < -0.39 is 0 Å². The molecule has 82 valence electrons. The molecule has 0 radical (unpaired) electrons. The number of rotatable bonds is 3. The highest BCUT2D eigenvalue weighted by atomic mass is 32.1. The fraction of sp³-hybridized carbons (Fsp3) is 0.154. The molecule has 2 nitrogen and oxygen atoms in total. The Morgan fingerprint density at radius 1 is 1.25 bits per heavy atom. The van der Waals surface area contributed by atoms with Crippen LogP contribution in [0.1, 0.15) is 22.2 Å². The fourth-order valence-corrected chi connectivity index (χ4v) is 2.04. The molecule has 0 atom stereocenters. The van der Waals surface area contributed by atoms with E-state index in [1.807, 2.05) is 41.8 Å². The monoisotopic (exact) mass is 231 g/mol. The van der Waals surface area contributed by atoms with Gasteiger partial charge in [0.05, 0.1) is 4.88 Å². The second-order valence-corrected chi connectivity index (χ2v) is 4.43. The number of hydrogen-bond donors (Lipinski definition) is 1. The van der Waals surface area contributed by atoms with Crippen molar-refractivity contribution >= 4 is 22.9 Å². The Morgan fingerprint density at radius 2 is 2.00 bits per heavy atom. The summed E-state index contributed by atoms with van der Waals surface area (Å²) >= 11 is 1.45. The van der Waals surface area contributed by atoms with E-state index in [2.05, 4.69) is 12.2 Å². The summed E-state index contributed by atoms with van der Waals surface area (Å²) in [6, 6.07) is 11.6. The number of amides is 1. The molecule has 0 aliphatic heterocycles. The third kappa shape index (κ3) is 2.49. The van der Waals surface area contributed by atoms with Crippen molar-refractivity contribution in [2.45, 2.75) is 13.3 Å². The van der Waals surface area contributed by atoms with E-state index in [-0.39, 0.29) is 5.91 Å². The SMILES string of the molecule is CCc1ccc(NC(=O)c2cccs2)cc1. The third-order valence-corrected chi connectivity index (χ3v) is 3.23. The minimum absolute atomic E-state index is 0.0424. The van der Waals surface area contributed by atoms with Crippen LogP contribution in [0.25, 0.3) is 0 Å². The Bertz CT molecular complexity index is 459. The van der Waals surface area contributed by atoms with Gasteiger partial charge in [0.2, 0.25) is 0 Å². The molecule has 0 saturated carbocycles. The fourth-order valence-electron chi connectivity index (χ4n) is 1.42. The van der Waals surface area contributed by atoms with Crippen molar-refractivity contribution in [3.05, 3.63) is 52.2 Å². The molecule has 0 spiro atoms. The molecule has 1 amide bonds. The van der Waals surface area contributed by atoms with Crippen molar-refractivity contribution in [2.75, 3.05) is 5.32 Å². The maximum atomic E-state index is 11.7. The largest absolute Gasteiger partial charge is 0.321 e. The maximum Gasteiger partial charge on any atom is 0.265 e. The number of aryl methyl sites for hydroxylation is 1. The number of hydrogen-bond acceptors (Lipinski definition) is 2. The molecule has 1 aromatic heterocycles. The van der Waals surface area contributed by atoms with E-state index >= 15 is 0 Å². The third-order valence-electron chi connectivity index (χ3n) is 2.37. The normalized spacial score (nSPS) is 10.1. The van der Waals surface area contributed by atoms with Gasteiger partial charge in [-0.25, -0.2) is 0 Å². The van der Waals surface area contributed by atoms with Gasteiger partial charge >= 0.3 is 0 Å².